The van der Waals surface area contributed by atoms with Crippen LogP contribution in [0.15, 0.2) is 12.4 Å². The number of nitrogens with zero attached hydrogens (tertiary/aromatic N) is 3. The standard InChI is InChI=1S/C13H22N4/c1-16-9-11(8-15-16)3-6-17-7-4-13-12(10-17)2-5-14-13/h8-9,12-14H,2-7,10H2,1H3. The van der Waals surface area contributed by atoms with E-state index in [1.807, 2.05) is 17.9 Å². The molecule has 0 radical (unpaired) electrons. The third-order valence-electron chi connectivity index (χ3n) is 4.21. The van der Waals surface area contributed by atoms with Crippen molar-refractivity contribution in [2.24, 2.45) is 13.0 Å². The van der Waals surface area contributed by atoms with E-state index in [-0.39, 0.29) is 0 Å². The van der Waals surface area contributed by atoms with Gasteiger partial charge in [0.2, 0.25) is 0 Å². The van der Waals surface area contributed by atoms with Gasteiger partial charge in [-0.05, 0) is 43.8 Å². The number of aromatic nitrogens is 2. The molecule has 2 saturated heterocycles. The summed E-state index contributed by atoms with van der Waals surface area (Å²) in [7, 11) is 1.99. The molecule has 1 aromatic heterocycles. The molecule has 2 unspecified atom stereocenters. The summed E-state index contributed by atoms with van der Waals surface area (Å²) in [6, 6.07) is 0.810. The Bertz CT molecular complexity index is 373. The average Bonchev–Trinajstić information content (AvgIpc) is 2.94. The van der Waals surface area contributed by atoms with Crippen LogP contribution >= 0.6 is 0 Å². The Hall–Kier alpha value is -0.870. The van der Waals surface area contributed by atoms with Crippen LogP contribution in [0.3, 0.4) is 0 Å². The zero-order valence-electron chi connectivity index (χ0n) is 10.6. The molecule has 0 bridgehead atoms. The summed E-state index contributed by atoms with van der Waals surface area (Å²) in [4.78, 5) is 2.63. The lowest BCUT2D eigenvalue weighted by atomic mass is 9.93. The van der Waals surface area contributed by atoms with Gasteiger partial charge in [-0.3, -0.25) is 4.68 Å². The predicted molar refractivity (Wildman–Crippen MR) is 67.9 cm³/mol. The SMILES string of the molecule is Cn1cc(CCN2CCC3NCCC3C2)cn1. The van der Waals surface area contributed by atoms with Gasteiger partial charge in [0.05, 0.1) is 6.20 Å². The number of fused-ring (bicyclic) bond motifs is 1. The quantitative estimate of drug-likeness (QED) is 0.833. The highest BCUT2D eigenvalue weighted by molar-refractivity contribution is 5.04. The number of hydrogen-bond acceptors (Lipinski definition) is 3. The Morgan fingerprint density at radius 2 is 2.41 bits per heavy atom. The average molecular weight is 234 g/mol. The maximum atomic E-state index is 4.22. The van der Waals surface area contributed by atoms with Crippen molar-refractivity contribution in [3.8, 4) is 0 Å². The number of piperidine rings is 1. The largest absolute Gasteiger partial charge is 0.314 e. The number of aryl methyl sites for hydroxylation is 1. The molecular weight excluding hydrogens is 212 g/mol. The first-order chi connectivity index (χ1) is 8.31. The van der Waals surface area contributed by atoms with E-state index in [9.17, 15) is 0 Å². The lowest BCUT2D eigenvalue weighted by Gasteiger charge is -2.34. The van der Waals surface area contributed by atoms with Crippen molar-refractivity contribution in [1.82, 2.24) is 20.0 Å². The fourth-order valence-electron chi connectivity index (χ4n) is 3.21. The van der Waals surface area contributed by atoms with Crippen LogP contribution in [-0.4, -0.2) is 46.9 Å². The van der Waals surface area contributed by atoms with E-state index in [2.05, 4.69) is 21.5 Å². The van der Waals surface area contributed by atoms with Crippen molar-refractivity contribution >= 4 is 0 Å². The number of likely N-dealkylation sites (tertiary alicyclic amines) is 1. The maximum absolute atomic E-state index is 4.22. The van der Waals surface area contributed by atoms with Gasteiger partial charge >= 0.3 is 0 Å². The van der Waals surface area contributed by atoms with E-state index in [1.54, 1.807) is 0 Å². The van der Waals surface area contributed by atoms with Crippen LogP contribution in [0.25, 0.3) is 0 Å². The van der Waals surface area contributed by atoms with Gasteiger partial charge in [0.1, 0.15) is 0 Å². The second kappa shape index (κ2) is 4.78. The summed E-state index contributed by atoms with van der Waals surface area (Å²) in [5.41, 5.74) is 1.36. The molecule has 4 heteroatoms. The number of nitrogens with one attached hydrogen (secondary N) is 1. The van der Waals surface area contributed by atoms with Gasteiger partial charge in [0, 0.05) is 32.4 Å². The Labute approximate surface area is 103 Å². The van der Waals surface area contributed by atoms with Crippen LogP contribution in [0.5, 0.6) is 0 Å². The summed E-state index contributed by atoms with van der Waals surface area (Å²) >= 11 is 0. The molecule has 0 saturated carbocycles. The molecule has 2 fully saturated rings. The maximum Gasteiger partial charge on any atom is 0.0522 e. The van der Waals surface area contributed by atoms with Crippen LogP contribution in [0, 0.1) is 5.92 Å². The monoisotopic (exact) mass is 234 g/mol. The van der Waals surface area contributed by atoms with E-state index in [4.69, 9.17) is 0 Å². The zero-order valence-corrected chi connectivity index (χ0v) is 10.6. The Kier molecular flexibility index (Phi) is 3.16. The minimum atomic E-state index is 0.810. The highest BCUT2D eigenvalue weighted by Crippen LogP contribution is 2.24. The van der Waals surface area contributed by atoms with Crippen LogP contribution < -0.4 is 5.32 Å². The van der Waals surface area contributed by atoms with Crippen LogP contribution in [0.4, 0.5) is 0 Å². The van der Waals surface area contributed by atoms with E-state index >= 15 is 0 Å². The topological polar surface area (TPSA) is 33.1 Å². The van der Waals surface area contributed by atoms with Gasteiger partial charge in [-0.2, -0.15) is 5.10 Å². The lowest BCUT2D eigenvalue weighted by Crippen LogP contribution is -2.44. The van der Waals surface area contributed by atoms with E-state index < -0.39 is 0 Å². The molecule has 0 amide bonds. The minimum absolute atomic E-state index is 0.810. The summed E-state index contributed by atoms with van der Waals surface area (Å²) < 4.78 is 1.89. The smallest absolute Gasteiger partial charge is 0.0522 e. The van der Waals surface area contributed by atoms with Crippen LogP contribution in [0.1, 0.15) is 18.4 Å². The molecule has 2 aliphatic rings. The van der Waals surface area contributed by atoms with Gasteiger partial charge in [0.15, 0.2) is 0 Å². The number of hydrogen-bond donors (Lipinski definition) is 1. The fraction of sp³-hybridized carbons (Fsp3) is 0.769. The van der Waals surface area contributed by atoms with Crippen molar-refractivity contribution in [1.29, 1.82) is 0 Å². The first-order valence-electron chi connectivity index (χ1n) is 6.74. The van der Waals surface area contributed by atoms with Gasteiger partial charge in [0.25, 0.3) is 0 Å². The van der Waals surface area contributed by atoms with E-state index in [1.165, 1.54) is 44.6 Å². The normalized spacial score (nSPS) is 29.5. The minimum Gasteiger partial charge on any atom is -0.314 e. The molecule has 1 aromatic rings. The molecule has 3 heterocycles. The Balaban J connectivity index is 1.49. The Morgan fingerprint density at radius 1 is 1.47 bits per heavy atom. The lowest BCUT2D eigenvalue weighted by molar-refractivity contribution is 0.164. The fourth-order valence-corrected chi connectivity index (χ4v) is 3.21. The van der Waals surface area contributed by atoms with E-state index in [0.29, 0.717) is 0 Å². The number of rotatable bonds is 3. The summed E-state index contributed by atoms with van der Waals surface area (Å²) in [5, 5.41) is 7.84. The molecule has 0 aromatic carbocycles. The van der Waals surface area contributed by atoms with Gasteiger partial charge in [-0.15, -0.1) is 0 Å². The highest BCUT2D eigenvalue weighted by Gasteiger charge is 2.32. The second-order valence-corrected chi connectivity index (χ2v) is 5.47. The van der Waals surface area contributed by atoms with Crippen molar-refractivity contribution in [2.75, 3.05) is 26.2 Å². The third-order valence-corrected chi connectivity index (χ3v) is 4.21. The first kappa shape index (κ1) is 11.2. The van der Waals surface area contributed by atoms with Crippen molar-refractivity contribution in [3.63, 3.8) is 0 Å². The van der Waals surface area contributed by atoms with Crippen LogP contribution in [-0.2, 0) is 13.5 Å². The van der Waals surface area contributed by atoms with Gasteiger partial charge in [-0.1, -0.05) is 0 Å². The molecule has 0 spiro atoms. The molecule has 0 aliphatic carbocycles. The molecule has 3 rings (SSSR count). The van der Waals surface area contributed by atoms with Crippen molar-refractivity contribution in [2.45, 2.75) is 25.3 Å². The molecule has 2 aliphatic heterocycles. The highest BCUT2D eigenvalue weighted by atomic mass is 15.2. The molecule has 2 atom stereocenters. The Morgan fingerprint density at radius 3 is 3.24 bits per heavy atom. The summed E-state index contributed by atoms with van der Waals surface area (Å²) in [5.74, 6) is 0.901. The molecule has 94 valence electrons. The zero-order chi connectivity index (χ0) is 11.7. The van der Waals surface area contributed by atoms with Crippen molar-refractivity contribution < 1.29 is 0 Å². The third kappa shape index (κ3) is 2.53. The molecule has 1 N–H and O–H groups in total. The van der Waals surface area contributed by atoms with Crippen LogP contribution in [0.2, 0.25) is 0 Å². The van der Waals surface area contributed by atoms with Gasteiger partial charge < -0.3 is 10.2 Å². The molecular formula is C13H22N4. The van der Waals surface area contributed by atoms with Gasteiger partial charge in [-0.25, -0.2) is 0 Å². The van der Waals surface area contributed by atoms with Crippen molar-refractivity contribution in [3.05, 3.63) is 18.0 Å². The predicted octanol–water partition coefficient (Wildman–Crippen LogP) is 0.646. The van der Waals surface area contributed by atoms with E-state index in [0.717, 1.165) is 18.4 Å². The summed E-state index contributed by atoms with van der Waals surface area (Å²) in [6.45, 7) is 4.97. The first-order valence-corrected chi connectivity index (χ1v) is 6.74. The second-order valence-electron chi connectivity index (χ2n) is 5.47. The molecule has 17 heavy (non-hydrogen) atoms. The molecule has 4 nitrogen and oxygen atoms in total. The summed E-state index contributed by atoms with van der Waals surface area (Å²) in [6.07, 6.45) is 7.96.